The molecular weight excluding hydrogens is 595 g/mol. The molecule has 212 valence electrons. The third kappa shape index (κ3) is 6.19. The Balaban J connectivity index is 1.61. The standard InChI is InChI=1S/C27H28Cl2N4O5S2/c1-40(36,37)32-22-8-4-5-9-23(22)33-25(20-11-10-16(28)12-21(20)29)24(18-6-2-3-7-19(18)27(33)35)26(34)31-38-13-17-14-39-15-30-17/h2-3,6-7,10-12,14-15,22-25,32H,4-5,8-9,13H2,1H3,(H,31,34)/t22-,23-,24+,25-/m0/s1. The second-order valence-electron chi connectivity index (χ2n) is 9.97. The summed E-state index contributed by atoms with van der Waals surface area (Å²) in [6, 6.07) is 9.97. The molecule has 0 unspecified atom stereocenters. The maximum atomic E-state index is 14.2. The fourth-order valence-electron chi connectivity index (χ4n) is 5.68. The van der Waals surface area contributed by atoms with E-state index in [1.807, 2.05) is 5.38 Å². The van der Waals surface area contributed by atoms with Crippen LogP contribution in [-0.2, 0) is 26.3 Å². The summed E-state index contributed by atoms with van der Waals surface area (Å²) >= 11 is 14.4. The summed E-state index contributed by atoms with van der Waals surface area (Å²) in [6.45, 7) is 0.0710. The Morgan fingerprint density at radius 1 is 1.15 bits per heavy atom. The quantitative estimate of drug-likeness (QED) is 0.347. The number of carbonyl (C=O) groups is 2. The minimum absolute atomic E-state index is 0.0710. The Morgan fingerprint density at radius 2 is 1.93 bits per heavy atom. The summed E-state index contributed by atoms with van der Waals surface area (Å²) in [6.07, 6.45) is 3.82. The van der Waals surface area contributed by atoms with E-state index in [2.05, 4.69) is 15.2 Å². The Kier molecular flexibility index (Phi) is 8.79. The second-order valence-corrected chi connectivity index (χ2v) is 13.3. The number of benzene rings is 2. The van der Waals surface area contributed by atoms with E-state index >= 15 is 0 Å². The lowest BCUT2D eigenvalue weighted by Crippen LogP contribution is -2.59. The number of hydroxylamine groups is 1. The number of sulfonamides is 1. The Morgan fingerprint density at radius 3 is 2.65 bits per heavy atom. The molecule has 1 saturated carbocycles. The van der Waals surface area contributed by atoms with E-state index in [4.69, 9.17) is 28.0 Å². The smallest absolute Gasteiger partial charge is 0.255 e. The zero-order valence-corrected chi connectivity index (χ0v) is 24.7. The van der Waals surface area contributed by atoms with E-state index in [-0.39, 0.29) is 12.5 Å². The van der Waals surface area contributed by atoms with Gasteiger partial charge in [-0.2, -0.15) is 0 Å². The van der Waals surface area contributed by atoms with Crippen LogP contribution in [0.4, 0.5) is 0 Å². The number of fused-ring (bicyclic) bond motifs is 1. The molecule has 4 atom stereocenters. The fraction of sp³-hybridized carbons (Fsp3) is 0.370. The van der Waals surface area contributed by atoms with Gasteiger partial charge in [0.25, 0.3) is 11.8 Å². The molecule has 1 aliphatic carbocycles. The van der Waals surface area contributed by atoms with Gasteiger partial charge in [0.2, 0.25) is 10.0 Å². The van der Waals surface area contributed by atoms with Crippen molar-refractivity contribution in [3.63, 3.8) is 0 Å². The third-order valence-corrected chi connectivity index (χ3v) is 9.20. The summed E-state index contributed by atoms with van der Waals surface area (Å²) in [5.74, 6) is -1.69. The van der Waals surface area contributed by atoms with Crippen LogP contribution in [0.15, 0.2) is 53.4 Å². The van der Waals surface area contributed by atoms with E-state index in [0.717, 1.165) is 19.1 Å². The number of nitrogens with one attached hydrogen (secondary N) is 2. The largest absolute Gasteiger partial charge is 0.326 e. The third-order valence-electron chi connectivity index (χ3n) is 7.27. The number of hydrogen-bond donors (Lipinski definition) is 2. The SMILES string of the molecule is CS(=O)(=O)N[C@H]1CCCC[C@@H]1N1C(=O)c2ccccc2[C@@H](C(=O)NOCc2cscn2)[C@@H]1c1ccc(Cl)cc1Cl. The maximum absolute atomic E-state index is 14.2. The molecule has 2 amide bonds. The van der Waals surface area contributed by atoms with Gasteiger partial charge in [0.15, 0.2) is 0 Å². The predicted molar refractivity (Wildman–Crippen MR) is 154 cm³/mol. The average Bonchev–Trinajstić information content (AvgIpc) is 3.42. The van der Waals surface area contributed by atoms with Crippen molar-refractivity contribution in [2.75, 3.05) is 6.26 Å². The molecule has 2 heterocycles. The van der Waals surface area contributed by atoms with Crippen molar-refractivity contribution in [3.8, 4) is 0 Å². The first kappa shape index (κ1) is 29.0. The van der Waals surface area contributed by atoms with Gasteiger partial charge < -0.3 is 4.90 Å². The number of nitrogens with zero attached hydrogens (tertiary/aromatic N) is 2. The number of carbonyl (C=O) groups excluding carboxylic acids is 2. The molecule has 2 aliphatic rings. The molecule has 13 heteroatoms. The first-order valence-electron chi connectivity index (χ1n) is 12.8. The molecule has 40 heavy (non-hydrogen) atoms. The monoisotopic (exact) mass is 622 g/mol. The molecule has 0 bridgehead atoms. The van der Waals surface area contributed by atoms with Gasteiger partial charge >= 0.3 is 0 Å². The number of halogens is 2. The van der Waals surface area contributed by atoms with Crippen LogP contribution in [0.3, 0.4) is 0 Å². The van der Waals surface area contributed by atoms with E-state index in [1.54, 1.807) is 52.9 Å². The summed E-state index contributed by atoms with van der Waals surface area (Å²) < 4.78 is 27.3. The van der Waals surface area contributed by atoms with Crippen LogP contribution in [0.1, 0.15) is 64.8 Å². The maximum Gasteiger partial charge on any atom is 0.255 e. The first-order chi connectivity index (χ1) is 19.1. The number of amides is 2. The lowest BCUT2D eigenvalue weighted by atomic mass is 9.76. The van der Waals surface area contributed by atoms with Crippen LogP contribution in [-0.4, -0.2) is 48.5 Å². The fourth-order valence-corrected chi connectivity index (χ4v) is 7.57. The highest BCUT2D eigenvalue weighted by Crippen LogP contribution is 2.47. The van der Waals surface area contributed by atoms with Crippen molar-refractivity contribution in [2.45, 2.75) is 56.3 Å². The lowest BCUT2D eigenvalue weighted by molar-refractivity contribution is -0.138. The molecule has 9 nitrogen and oxygen atoms in total. The molecule has 0 spiro atoms. The molecule has 5 rings (SSSR count). The van der Waals surface area contributed by atoms with Crippen LogP contribution >= 0.6 is 34.5 Å². The number of rotatable bonds is 8. The summed E-state index contributed by atoms with van der Waals surface area (Å²) in [5, 5.41) is 2.51. The van der Waals surface area contributed by atoms with Crippen LogP contribution in [0, 0.1) is 0 Å². The van der Waals surface area contributed by atoms with Gasteiger partial charge in [0.05, 0.1) is 29.4 Å². The van der Waals surface area contributed by atoms with Gasteiger partial charge in [0, 0.05) is 33.1 Å². The Bertz CT molecular complexity index is 1500. The first-order valence-corrected chi connectivity index (χ1v) is 16.4. The van der Waals surface area contributed by atoms with E-state index in [0.29, 0.717) is 45.3 Å². The lowest BCUT2D eigenvalue weighted by Gasteiger charge is -2.49. The zero-order valence-electron chi connectivity index (χ0n) is 21.5. The molecule has 0 saturated heterocycles. The van der Waals surface area contributed by atoms with E-state index < -0.39 is 40.0 Å². The average molecular weight is 624 g/mol. The summed E-state index contributed by atoms with van der Waals surface area (Å²) in [5.41, 5.74) is 6.31. The predicted octanol–water partition coefficient (Wildman–Crippen LogP) is 4.84. The van der Waals surface area contributed by atoms with Gasteiger partial charge in [-0.25, -0.2) is 23.6 Å². The Hall–Kier alpha value is -2.54. The number of thiazole rings is 1. The molecule has 0 radical (unpaired) electrons. The van der Waals surface area contributed by atoms with Gasteiger partial charge in [-0.1, -0.05) is 60.3 Å². The number of aromatic nitrogens is 1. The van der Waals surface area contributed by atoms with Crippen molar-refractivity contribution in [3.05, 3.63) is 85.8 Å². The molecule has 2 aromatic carbocycles. The zero-order chi connectivity index (χ0) is 28.4. The minimum Gasteiger partial charge on any atom is -0.326 e. The van der Waals surface area contributed by atoms with Crippen molar-refractivity contribution < 1.29 is 22.8 Å². The van der Waals surface area contributed by atoms with Crippen molar-refractivity contribution in [2.24, 2.45) is 0 Å². The van der Waals surface area contributed by atoms with Crippen molar-refractivity contribution in [1.29, 1.82) is 0 Å². The van der Waals surface area contributed by atoms with Gasteiger partial charge in [0.1, 0.15) is 6.61 Å². The summed E-state index contributed by atoms with van der Waals surface area (Å²) in [7, 11) is -3.57. The topological polar surface area (TPSA) is 118 Å². The second kappa shape index (κ2) is 12.1. The van der Waals surface area contributed by atoms with Gasteiger partial charge in [-0.15, -0.1) is 11.3 Å². The van der Waals surface area contributed by atoms with E-state index in [1.165, 1.54) is 11.3 Å². The molecule has 1 fully saturated rings. The van der Waals surface area contributed by atoms with Crippen LogP contribution in [0.25, 0.3) is 0 Å². The van der Waals surface area contributed by atoms with Crippen LogP contribution < -0.4 is 10.2 Å². The van der Waals surface area contributed by atoms with Gasteiger partial charge in [-0.3, -0.25) is 14.4 Å². The van der Waals surface area contributed by atoms with Crippen molar-refractivity contribution >= 4 is 56.4 Å². The minimum atomic E-state index is -3.57. The molecule has 3 aromatic rings. The van der Waals surface area contributed by atoms with Crippen LogP contribution in [0.5, 0.6) is 0 Å². The van der Waals surface area contributed by atoms with Crippen LogP contribution in [0.2, 0.25) is 10.0 Å². The number of hydrogen-bond acceptors (Lipinski definition) is 7. The highest BCUT2D eigenvalue weighted by Gasteiger charge is 2.49. The highest BCUT2D eigenvalue weighted by molar-refractivity contribution is 7.88. The normalized spacial score (nSPS) is 23.1. The van der Waals surface area contributed by atoms with Gasteiger partial charge in [-0.05, 0) is 42.2 Å². The van der Waals surface area contributed by atoms with Crippen molar-refractivity contribution in [1.82, 2.24) is 20.1 Å². The molecular formula is C27H28Cl2N4O5S2. The van der Waals surface area contributed by atoms with E-state index in [9.17, 15) is 18.0 Å². The molecule has 2 N–H and O–H groups in total. The molecule has 1 aromatic heterocycles. The highest BCUT2D eigenvalue weighted by atomic mass is 35.5. The Labute approximate surface area is 246 Å². The molecule has 1 aliphatic heterocycles. The summed E-state index contributed by atoms with van der Waals surface area (Å²) in [4.78, 5) is 39.5.